The minimum Gasteiger partial charge on any atom is -0.385 e. The van der Waals surface area contributed by atoms with Crippen molar-refractivity contribution in [3.8, 4) is 0 Å². The van der Waals surface area contributed by atoms with Crippen LogP contribution >= 0.6 is 0 Å². The van der Waals surface area contributed by atoms with Gasteiger partial charge < -0.3 is 47.5 Å². The monoisotopic (exact) mass is 851 g/mol. The van der Waals surface area contributed by atoms with Gasteiger partial charge >= 0.3 is 0 Å². The zero-order valence-corrected chi connectivity index (χ0v) is 36.0. The van der Waals surface area contributed by atoms with Crippen molar-refractivity contribution in [1.82, 2.24) is 31.0 Å². The summed E-state index contributed by atoms with van der Waals surface area (Å²) in [6.45, 7) is 12.8. The van der Waals surface area contributed by atoms with Gasteiger partial charge in [-0.2, -0.15) is 0 Å². The Bertz CT molecular complexity index is 2330. The number of carbonyl (C=O) groups is 6. The number of nitrogens with one attached hydrogen (secondary N) is 7. The summed E-state index contributed by atoms with van der Waals surface area (Å²) in [4.78, 5) is 93.6. The lowest BCUT2D eigenvalue weighted by Gasteiger charge is -2.23. The molecule has 2 aromatic carbocycles. The smallest absolute Gasteiger partial charge is 0.264 e. The molecule has 62 heavy (non-hydrogen) atoms. The molecule has 1 unspecified atom stereocenters. The molecule has 2 heterocycles. The van der Waals surface area contributed by atoms with Gasteiger partial charge in [-0.15, -0.1) is 0 Å². The fraction of sp³-hybridized carbons (Fsp3) is 0.364. The third kappa shape index (κ3) is 11.8. The number of aromatic nitrogens is 1. The number of aromatic amines is 1. The number of primary amides is 1. The third-order valence-corrected chi connectivity index (χ3v) is 10.2. The van der Waals surface area contributed by atoms with E-state index in [1.165, 1.54) is 6.07 Å². The third-order valence-electron chi connectivity index (χ3n) is 10.2. The summed E-state index contributed by atoms with van der Waals surface area (Å²) in [6.07, 6.45) is 5.19. The van der Waals surface area contributed by atoms with E-state index in [0.717, 1.165) is 33.5 Å². The summed E-state index contributed by atoms with van der Waals surface area (Å²) >= 11 is 0. The molecule has 0 radical (unpaired) electrons. The Kier molecular flexibility index (Phi) is 16.9. The molecule has 18 nitrogen and oxygen atoms in total. The minimum atomic E-state index is -1.27. The molecular formula is C44H57N11O7. The van der Waals surface area contributed by atoms with Crippen molar-refractivity contribution >= 4 is 59.0 Å². The van der Waals surface area contributed by atoms with Crippen molar-refractivity contribution in [2.45, 2.75) is 79.4 Å². The molecule has 330 valence electrons. The zero-order valence-electron chi connectivity index (χ0n) is 36.0. The molecule has 0 fully saturated rings. The predicted molar refractivity (Wildman–Crippen MR) is 238 cm³/mol. The predicted octanol–water partition coefficient (Wildman–Crippen LogP) is 2.82. The van der Waals surface area contributed by atoms with Gasteiger partial charge in [0.05, 0.1) is 22.5 Å². The molecule has 11 N–H and O–H groups in total. The molecule has 0 saturated heterocycles. The highest BCUT2D eigenvalue weighted by Crippen LogP contribution is 2.32. The molecule has 0 bridgehead atoms. The van der Waals surface area contributed by atoms with Gasteiger partial charge in [0.25, 0.3) is 23.3 Å². The van der Waals surface area contributed by atoms with Gasteiger partial charge in [0, 0.05) is 86.0 Å². The standard InChI is InChI=1S/C44H57N11O7/c1-7-54(18-17-50-53-38(57)15-16-48-34-11-8-10-30-39(34)44(62)55(43(30)61)36(40(47)58)12-9-19-56)37(46)14-13-26(4)29-21-31(32(23-45)35(22-29)51-25(2)3)41(59)49-24-33-27(5)20-28(6)52-42(33)60/h8,10-11,13-14,19-23,25,36,45,48,50-51H,7,9,12,15-18,24,46H2,1-6H3,(H2,47,58)(H,49,59)(H,52,60)(H,53,57)/b26-13+,37-14+,45-23?. The van der Waals surface area contributed by atoms with Crippen molar-refractivity contribution in [3.05, 3.63) is 109 Å². The van der Waals surface area contributed by atoms with E-state index in [1.54, 1.807) is 31.2 Å². The van der Waals surface area contributed by atoms with Gasteiger partial charge in [-0.25, -0.2) is 5.43 Å². The van der Waals surface area contributed by atoms with Crippen LogP contribution in [0.2, 0.25) is 0 Å². The maximum absolute atomic E-state index is 13.6. The lowest BCUT2D eigenvalue weighted by atomic mass is 9.96. The number of carbonyl (C=O) groups excluding carboxylic acids is 6. The highest BCUT2D eigenvalue weighted by atomic mass is 16.2. The van der Waals surface area contributed by atoms with Crippen LogP contribution in [0.15, 0.2) is 59.2 Å². The molecule has 18 heteroatoms. The number of amides is 5. The first-order valence-electron chi connectivity index (χ1n) is 20.3. The number of imide groups is 1. The van der Waals surface area contributed by atoms with Gasteiger partial charge in [0.1, 0.15) is 12.3 Å². The number of nitrogens with zero attached hydrogens (tertiary/aromatic N) is 2. The number of hydrazine groups is 1. The average Bonchev–Trinajstić information content (AvgIpc) is 3.47. The number of hydrogen-bond acceptors (Lipinski definition) is 13. The van der Waals surface area contributed by atoms with Crippen molar-refractivity contribution in [2.75, 3.05) is 36.8 Å². The molecule has 1 aromatic heterocycles. The average molecular weight is 852 g/mol. The van der Waals surface area contributed by atoms with E-state index < -0.39 is 29.7 Å². The topological polar surface area (TPSA) is 278 Å². The highest BCUT2D eigenvalue weighted by molar-refractivity contribution is 6.25. The van der Waals surface area contributed by atoms with Gasteiger partial charge in [0.2, 0.25) is 11.8 Å². The summed E-state index contributed by atoms with van der Waals surface area (Å²) in [7, 11) is 0. The number of fused-ring (bicyclic) bond motifs is 1. The molecule has 1 aliphatic heterocycles. The number of likely N-dealkylation sites (N-methyl/N-ethyl adjacent to an activating group) is 1. The normalized spacial score (nSPS) is 13.1. The Morgan fingerprint density at radius 1 is 1.00 bits per heavy atom. The lowest BCUT2D eigenvalue weighted by Crippen LogP contribution is -2.47. The Morgan fingerprint density at radius 3 is 2.39 bits per heavy atom. The molecule has 1 aliphatic rings. The number of hydrogen-bond donors (Lipinski definition) is 9. The molecule has 3 aromatic rings. The van der Waals surface area contributed by atoms with Crippen LogP contribution in [-0.2, 0) is 20.9 Å². The fourth-order valence-corrected chi connectivity index (χ4v) is 6.99. The molecule has 0 aliphatic carbocycles. The number of aryl methyl sites for hydroxylation is 2. The van der Waals surface area contributed by atoms with Gasteiger partial charge in [-0.3, -0.25) is 39.1 Å². The first-order valence-corrected chi connectivity index (χ1v) is 20.3. The summed E-state index contributed by atoms with van der Waals surface area (Å²) in [5.74, 6) is -2.60. The molecule has 0 spiro atoms. The van der Waals surface area contributed by atoms with E-state index in [2.05, 4.69) is 31.8 Å². The highest BCUT2D eigenvalue weighted by Gasteiger charge is 2.43. The van der Waals surface area contributed by atoms with Crippen LogP contribution in [0.1, 0.15) is 106 Å². The summed E-state index contributed by atoms with van der Waals surface area (Å²) < 4.78 is 0. The lowest BCUT2D eigenvalue weighted by molar-refractivity contribution is -0.122. The summed E-state index contributed by atoms with van der Waals surface area (Å²) in [5.41, 5.74) is 22.4. The van der Waals surface area contributed by atoms with Crippen LogP contribution < -0.4 is 43.8 Å². The van der Waals surface area contributed by atoms with Crippen LogP contribution in [0.5, 0.6) is 0 Å². The van der Waals surface area contributed by atoms with Crippen LogP contribution in [0.25, 0.3) is 5.57 Å². The number of benzene rings is 2. The second-order valence-corrected chi connectivity index (χ2v) is 15.1. The minimum absolute atomic E-state index is 0.00952. The van der Waals surface area contributed by atoms with Crippen LogP contribution in [0, 0.1) is 19.3 Å². The summed E-state index contributed by atoms with van der Waals surface area (Å²) in [6, 6.07) is 8.81. The van der Waals surface area contributed by atoms with E-state index in [9.17, 15) is 33.6 Å². The van der Waals surface area contributed by atoms with E-state index in [4.69, 9.17) is 16.9 Å². The number of aldehydes is 1. The van der Waals surface area contributed by atoms with Crippen molar-refractivity contribution in [1.29, 1.82) is 5.41 Å². The first-order chi connectivity index (χ1) is 29.5. The second-order valence-electron chi connectivity index (χ2n) is 15.1. The van der Waals surface area contributed by atoms with Crippen LogP contribution in [-0.4, -0.2) is 95.1 Å². The Hall–Kier alpha value is -7.08. The van der Waals surface area contributed by atoms with Gasteiger partial charge in [0.15, 0.2) is 0 Å². The van der Waals surface area contributed by atoms with Crippen molar-refractivity contribution < 1.29 is 28.8 Å². The van der Waals surface area contributed by atoms with E-state index >= 15 is 0 Å². The summed E-state index contributed by atoms with van der Waals surface area (Å²) in [5, 5.41) is 17.4. The van der Waals surface area contributed by atoms with Gasteiger partial charge in [-0.1, -0.05) is 12.1 Å². The first kappa shape index (κ1) is 47.6. The number of allylic oxidation sites excluding steroid dienone is 3. The van der Waals surface area contributed by atoms with Crippen molar-refractivity contribution in [2.24, 2.45) is 11.5 Å². The second kappa shape index (κ2) is 22.0. The molecule has 0 saturated carbocycles. The Labute approximate surface area is 360 Å². The van der Waals surface area contributed by atoms with Crippen LogP contribution in [0.4, 0.5) is 11.4 Å². The molecule has 4 rings (SSSR count). The number of rotatable bonds is 23. The van der Waals surface area contributed by atoms with Crippen molar-refractivity contribution in [3.63, 3.8) is 0 Å². The maximum Gasteiger partial charge on any atom is 0.264 e. The Balaban J connectivity index is 1.35. The maximum atomic E-state index is 13.6. The van der Waals surface area contributed by atoms with E-state index in [0.29, 0.717) is 54.2 Å². The fourth-order valence-electron chi connectivity index (χ4n) is 6.99. The molecule has 5 amide bonds. The largest absolute Gasteiger partial charge is 0.385 e. The number of pyridine rings is 1. The van der Waals surface area contributed by atoms with E-state index in [1.807, 2.05) is 57.7 Å². The number of anilines is 2. The SMILES string of the molecule is CCN(CCNNC(=O)CCNc1cccc2c1C(=O)N(C(CCC=O)C(N)=O)C2=O)/C(N)=C/C=C(\C)c1cc(NC(C)C)c(C=N)c(C(=O)NCc2c(C)cc(C)[nH]c2=O)c1. The molecular weight excluding hydrogens is 795 g/mol. The van der Waals surface area contributed by atoms with Crippen LogP contribution in [0.3, 0.4) is 0 Å². The zero-order chi connectivity index (χ0) is 45.7. The molecule has 1 atom stereocenters. The number of H-pyrrole nitrogens is 1. The van der Waals surface area contributed by atoms with E-state index in [-0.39, 0.29) is 66.6 Å². The van der Waals surface area contributed by atoms with Gasteiger partial charge in [-0.05, 0) is 101 Å². The quantitative estimate of drug-likeness (QED) is 0.0166. The number of nitrogens with two attached hydrogens (primary N) is 2. The Morgan fingerprint density at radius 2 is 1.74 bits per heavy atom.